The van der Waals surface area contributed by atoms with Crippen molar-refractivity contribution in [2.45, 2.75) is 11.7 Å². The van der Waals surface area contributed by atoms with E-state index in [1.807, 2.05) is 77.3 Å². The summed E-state index contributed by atoms with van der Waals surface area (Å²) in [5.41, 5.74) is 1.96. The maximum absolute atomic E-state index is 13.2. The van der Waals surface area contributed by atoms with E-state index in [4.69, 9.17) is 4.74 Å². The Balaban J connectivity index is 1.49. The summed E-state index contributed by atoms with van der Waals surface area (Å²) >= 11 is 1.94. The van der Waals surface area contributed by atoms with Crippen molar-refractivity contribution in [3.63, 3.8) is 0 Å². The summed E-state index contributed by atoms with van der Waals surface area (Å²) in [5, 5.41) is 0.440. The summed E-state index contributed by atoms with van der Waals surface area (Å²) in [5.74, 6) is 2.32. The number of hydrogen-bond donors (Lipinski definition) is 0. The van der Waals surface area contributed by atoms with Crippen LogP contribution < -0.4 is 4.74 Å². The molecular formula is C24H23NO2S. The molecule has 1 heterocycles. The van der Waals surface area contributed by atoms with Crippen LogP contribution in [0.5, 0.6) is 11.5 Å². The van der Waals surface area contributed by atoms with Crippen molar-refractivity contribution in [2.75, 3.05) is 18.8 Å². The molecular weight excluding hydrogens is 366 g/mol. The minimum atomic E-state index is 0.0424. The van der Waals surface area contributed by atoms with Crippen LogP contribution in [0.3, 0.4) is 0 Å². The van der Waals surface area contributed by atoms with Gasteiger partial charge < -0.3 is 9.64 Å². The van der Waals surface area contributed by atoms with Crippen LogP contribution in [0.15, 0.2) is 84.9 Å². The first-order valence-corrected chi connectivity index (χ1v) is 10.6. The fourth-order valence-electron chi connectivity index (χ4n) is 3.43. The average molecular weight is 390 g/mol. The molecule has 4 heteroatoms. The molecule has 0 aliphatic carbocycles. The van der Waals surface area contributed by atoms with E-state index in [0.29, 0.717) is 16.6 Å². The summed E-state index contributed by atoms with van der Waals surface area (Å²) in [7, 11) is 0. The molecule has 1 unspecified atom stereocenters. The number of benzene rings is 3. The molecule has 1 amide bonds. The molecule has 0 saturated carbocycles. The molecule has 0 bridgehead atoms. The van der Waals surface area contributed by atoms with E-state index in [1.165, 1.54) is 5.56 Å². The summed E-state index contributed by atoms with van der Waals surface area (Å²) < 4.78 is 5.99. The SMILES string of the molecule is O=C(c1ccccc1Oc1ccccc1)N1CCSC(c2ccccc2)CC1. The van der Waals surface area contributed by atoms with Crippen LogP contribution >= 0.6 is 11.8 Å². The van der Waals surface area contributed by atoms with Crippen LogP contribution in [0.1, 0.15) is 27.6 Å². The molecule has 28 heavy (non-hydrogen) atoms. The highest BCUT2D eigenvalue weighted by atomic mass is 32.2. The molecule has 0 radical (unpaired) electrons. The molecule has 0 aromatic heterocycles. The van der Waals surface area contributed by atoms with Crippen LogP contribution in [0, 0.1) is 0 Å². The third-order valence-corrected chi connectivity index (χ3v) is 6.22. The zero-order chi connectivity index (χ0) is 19.2. The van der Waals surface area contributed by atoms with Crippen molar-refractivity contribution in [3.05, 3.63) is 96.1 Å². The van der Waals surface area contributed by atoms with Crippen LogP contribution in [0.25, 0.3) is 0 Å². The fourth-order valence-corrected chi connectivity index (χ4v) is 4.66. The van der Waals surface area contributed by atoms with Crippen molar-refractivity contribution >= 4 is 17.7 Å². The molecule has 1 atom stereocenters. The largest absolute Gasteiger partial charge is 0.457 e. The molecule has 0 N–H and O–H groups in total. The molecule has 3 aromatic rings. The number of amides is 1. The minimum absolute atomic E-state index is 0.0424. The Kier molecular flexibility index (Phi) is 5.98. The molecule has 4 rings (SSSR count). The van der Waals surface area contributed by atoms with E-state index in [-0.39, 0.29) is 5.91 Å². The lowest BCUT2D eigenvalue weighted by Gasteiger charge is -2.22. The van der Waals surface area contributed by atoms with Crippen molar-refractivity contribution in [1.82, 2.24) is 4.90 Å². The van der Waals surface area contributed by atoms with Crippen LogP contribution in [0.4, 0.5) is 0 Å². The minimum Gasteiger partial charge on any atom is -0.457 e. The van der Waals surface area contributed by atoms with Gasteiger partial charge in [0, 0.05) is 24.1 Å². The molecule has 3 nitrogen and oxygen atoms in total. The lowest BCUT2D eigenvalue weighted by atomic mass is 10.1. The standard InChI is InChI=1S/C24H23NO2S/c26-24(21-13-7-8-14-22(21)27-20-11-5-2-6-12-20)25-16-15-23(28-18-17-25)19-9-3-1-4-10-19/h1-14,23H,15-18H2. The van der Waals surface area contributed by atoms with Crippen molar-refractivity contribution in [2.24, 2.45) is 0 Å². The van der Waals surface area contributed by atoms with Gasteiger partial charge in [-0.3, -0.25) is 4.79 Å². The van der Waals surface area contributed by atoms with Crippen LogP contribution in [-0.4, -0.2) is 29.6 Å². The van der Waals surface area contributed by atoms with E-state index >= 15 is 0 Å². The third-order valence-electron chi connectivity index (χ3n) is 4.89. The Morgan fingerprint density at radius 3 is 2.32 bits per heavy atom. The highest BCUT2D eigenvalue weighted by Crippen LogP contribution is 2.35. The zero-order valence-electron chi connectivity index (χ0n) is 15.7. The Hall–Kier alpha value is -2.72. The van der Waals surface area contributed by atoms with Gasteiger partial charge in [-0.2, -0.15) is 11.8 Å². The van der Waals surface area contributed by atoms with Gasteiger partial charge in [0.15, 0.2) is 0 Å². The van der Waals surface area contributed by atoms with E-state index in [1.54, 1.807) is 0 Å². The average Bonchev–Trinajstić information content (AvgIpc) is 3.01. The van der Waals surface area contributed by atoms with Gasteiger partial charge in [-0.25, -0.2) is 0 Å². The van der Waals surface area contributed by atoms with E-state index < -0.39 is 0 Å². The maximum Gasteiger partial charge on any atom is 0.257 e. The summed E-state index contributed by atoms with van der Waals surface area (Å²) in [6.07, 6.45) is 0.960. The molecule has 0 spiro atoms. The summed E-state index contributed by atoms with van der Waals surface area (Å²) in [6, 6.07) is 27.7. The second-order valence-electron chi connectivity index (χ2n) is 6.76. The van der Waals surface area contributed by atoms with Crippen LogP contribution in [0.2, 0.25) is 0 Å². The number of carbonyl (C=O) groups is 1. The second-order valence-corrected chi connectivity index (χ2v) is 8.07. The van der Waals surface area contributed by atoms with Gasteiger partial charge in [0.05, 0.1) is 5.56 Å². The number of carbonyl (C=O) groups excluding carboxylic acids is 1. The van der Waals surface area contributed by atoms with Gasteiger partial charge >= 0.3 is 0 Å². The first-order valence-electron chi connectivity index (χ1n) is 9.59. The van der Waals surface area contributed by atoms with Gasteiger partial charge in [0.2, 0.25) is 0 Å². The van der Waals surface area contributed by atoms with Crippen molar-refractivity contribution < 1.29 is 9.53 Å². The third kappa shape index (κ3) is 4.39. The van der Waals surface area contributed by atoms with Gasteiger partial charge in [0.1, 0.15) is 11.5 Å². The van der Waals surface area contributed by atoms with E-state index in [2.05, 4.69) is 24.3 Å². The molecule has 3 aromatic carbocycles. The van der Waals surface area contributed by atoms with Crippen molar-refractivity contribution in [1.29, 1.82) is 0 Å². The van der Waals surface area contributed by atoms with Gasteiger partial charge in [-0.1, -0.05) is 60.7 Å². The lowest BCUT2D eigenvalue weighted by Crippen LogP contribution is -2.33. The molecule has 1 aliphatic rings. The predicted molar refractivity (Wildman–Crippen MR) is 115 cm³/mol. The summed E-state index contributed by atoms with van der Waals surface area (Å²) in [6.45, 7) is 1.51. The van der Waals surface area contributed by atoms with Crippen molar-refractivity contribution in [3.8, 4) is 11.5 Å². The zero-order valence-corrected chi connectivity index (χ0v) is 16.5. The Labute approximate surface area is 170 Å². The Bertz CT molecular complexity index is 914. The molecule has 1 aliphatic heterocycles. The fraction of sp³-hybridized carbons (Fsp3) is 0.208. The predicted octanol–water partition coefficient (Wildman–Crippen LogP) is 5.80. The summed E-state index contributed by atoms with van der Waals surface area (Å²) in [4.78, 5) is 15.2. The van der Waals surface area contributed by atoms with Gasteiger partial charge in [-0.15, -0.1) is 0 Å². The lowest BCUT2D eigenvalue weighted by molar-refractivity contribution is 0.0764. The first-order chi connectivity index (χ1) is 13.8. The quantitative estimate of drug-likeness (QED) is 0.565. The number of hydrogen-bond acceptors (Lipinski definition) is 3. The first kappa shape index (κ1) is 18.6. The van der Waals surface area contributed by atoms with E-state index in [0.717, 1.165) is 31.0 Å². The van der Waals surface area contributed by atoms with E-state index in [9.17, 15) is 4.79 Å². The molecule has 142 valence electrons. The topological polar surface area (TPSA) is 29.5 Å². The molecule has 1 saturated heterocycles. The number of para-hydroxylation sites is 2. The number of rotatable bonds is 4. The highest BCUT2D eigenvalue weighted by Gasteiger charge is 2.24. The highest BCUT2D eigenvalue weighted by molar-refractivity contribution is 7.99. The smallest absolute Gasteiger partial charge is 0.257 e. The molecule has 1 fully saturated rings. The van der Waals surface area contributed by atoms with Gasteiger partial charge in [-0.05, 0) is 36.2 Å². The Morgan fingerprint density at radius 1 is 0.857 bits per heavy atom. The number of nitrogens with zero attached hydrogens (tertiary/aromatic N) is 1. The Morgan fingerprint density at radius 2 is 1.54 bits per heavy atom. The monoisotopic (exact) mass is 389 g/mol. The van der Waals surface area contributed by atoms with Gasteiger partial charge in [0.25, 0.3) is 5.91 Å². The number of thioether (sulfide) groups is 1. The second kappa shape index (κ2) is 8.98. The normalized spacial score (nSPS) is 17.0. The van der Waals surface area contributed by atoms with Crippen LogP contribution in [-0.2, 0) is 0 Å². The number of ether oxygens (including phenoxy) is 1. The maximum atomic E-state index is 13.2.